The van der Waals surface area contributed by atoms with E-state index in [-0.39, 0.29) is 11.0 Å². The summed E-state index contributed by atoms with van der Waals surface area (Å²) < 4.78 is 16.5. The molecule has 0 radical (unpaired) electrons. The summed E-state index contributed by atoms with van der Waals surface area (Å²) in [4.78, 5) is 16.5. The number of carbonyl (C=O) groups is 1. The third kappa shape index (κ3) is 5.27. The molecule has 0 atom stereocenters. The number of nitrogens with zero attached hydrogens (tertiary/aromatic N) is 1. The molecule has 1 amide bonds. The third-order valence-electron chi connectivity index (χ3n) is 4.48. The summed E-state index contributed by atoms with van der Waals surface area (Å²) in [6.45, 7) is 4.15. The van der Waals surface area contributed by atoms with E-state index >= 15 is 0 Å². The Bertz CT molecular complexity index is 1060. The molecule has 1 aromatic heterocycles. The van der Waals surface area contributed by atoms with Gasteiger partial charge in [-0.3, -0.25) is 4.79 Å². The predicted octanol–water partition coefficient (Wildman–Crippen LogP) is 4.76. The number of nitrogens with one attached hydrogen (secondary N) is 2. The van der Waals surface area contributed by atoms with Crippen LogP contribution in [0.25, 0.3) is 22.6 Å². The van der Waals surface area contributed by atoms with Crippen molar-refractivity contribution in [1.82, 2.24) is 10.3 Å². The zero-order chi connectivity index (χ0) is 21.7. The molecule has 30 heavy (non-hydrogen) atoms. The number of benzene rings is 2. The van der Waals surface area contributed by atoms with Crippen LogP contribution in [0.15, 0.2) is 40.8 Å². The number of hydrogen-bond acceptors (Lipinski definition) is 6. The first-order chi connectivity index (χ1) is 14.4. The smallest absolute Gasteiger partial charge is 0.227 e. The van der Waals surface area contributed by atoms with Crippen molar-refractivity contribution in [3.63, 3.8) is 0 Å². The summed E-state index contributed by atoms with van der Waals surface area (Å²) in [5.41, 5.74) is 2.78. The Kier molecular flexibility index (Phi) is 6.89. The zero-order valence-electron chi connectivity index (χ0n) is 17.4. The van der Waals surface area contributed by atoms with E-state index in [1.54, 1.807) is 26.4 Å². The molecule has 0 saturated heterocycles. The van der Waals surface area contributed by atoms with Crippen molar-refractivity contribution < 1.29 is 18.7 Å². The van der Waals surface area contributed by atoms with Gasteiger partial charge in [-0.1, -0.05) is 13.8 Å². The van der Waals surface area contributed by atoms with Crippen molar-refractivity contribution in [3.8, 4) is 23.0 Å². The second kappa shape index (κ2) is 9.58. The maximum atomic E-state index is 11.9. The number of amides is 1. The quantitative estimate of drug-likeness (QED) is 0.526. The van der Waals surface area contributed by atoms with Crippen LogP contribution >= 0.6 is 12.2 Å². The molecule has 0 bridgehead atoms. The van der Waals surface area contributed by atoms with Crippen LogP contribution in [0.1, 0.15) is 26.7 Å². The van der Waals surface area contributed by atoms with Gasteiger partial charge in [0.05, 0.1) is 14.2 Å². The van der Waals surface area contributed by atoms with E-state index in [1.807, 2.05) is 24.3 Å². The minimum absolute atomic E-state index is 0.0977. The molecule has 0 aliphatic rings. The number of ether oxygens (including phenoxy) is 2. The molecule has 0 unspecified atom stereocenters. The lowest BCUT2D eigenvalue weighted by Gasteiger charge is -2.10. The van der Waals surface area contributed by atoms with Crippen molar-refractivity contribution in [2.45, 2.75) is 26.7 Å². The first kappa shape index (κ1) is 21.6. The first-order valence-corrected chi connectivity index (χ1v) is 10.0. The van der Waals surface area contributed by atoms with Gasteiger partial charge in [-0.15, -0.1) is 0 Å². The fourth-order valence-electron chi connectivity index (χ4n) is 2.87. The van der Waals surface area contributed by atoms with Crippen molar-refractivity contribution in [2.75, 3.05) is 19.5 Å². The van der Waals surface area contributed by atoms with Crippen LogP contribution in [0, 0.1) is 5.92 Å². The minimum Gasteiger partial charge on any atom is -0.493 e. The lowest BCUT2D eigenvalue weighted by molar-refractivity contribution is -0.119. The molecule has 0 aliphatic carbocycles. The Morgan fingerprint density at radius 2 is 1.90 bits per heavy atom. The second-order valence-electron chi connectivity index (χ2n) is 7.21. The molecule has 0 fully saturated rings. The molecule has 8 heteroatoms. The average Bonchev–Trinajstić information content (AvgIpc) is 3.15. The molecule has 1 heterocycles. The summed E-state index contributed by atoms with van der Waals surface area (Å²) in [6, 6.07) is 10.9. The molecule has 0 spiro atoms. The van der Waals surface area contributed by atoms with Gasteiger partial charge in [0.1, 0.15) is 5.52 Å². The second-order valence-corrected chi connectivity index (χ2v) is 7.61. The molecule has 158 valence electrons. The maximum absolute atomic E-state index is 11.9. The highest BCUT2D eigenvalue weighted by atomic mass is 32.1. The van der Waals surface area contributed by atoms with Crippen molar-refractivity contribution in [3.05, 3.63) is 36.4 Å². The highest BCUT2D eigenvalue weighted by Crippen LogP contribution is 2.33. The predicted molar refractivity (Wildman–Crippen MR) is 121 cm³/mol. The van der Waals surface area contributed by atoms with Gasteiger partial charge in [0.15, 0.2) is 22.2 Å². The van der Waals surface area contributed by atoms with Gasteiger partial charge in [-0.05, 0) is 61.0 Å². The molecular formula is C22H25N3O4S. The van der Waals surface area contributed by atoms with Crippen molar-refractivity contribution >= 4 is 40.0 Å². The van der Waals surface area contributed by atoms with E-state index in [0.717, 1.165) is 12.0 Å². The van der Waals surface area contributed by atoms with Gasteiger partial charge < -0.3 is 24.5 Å². The molecule has 0 aliphatic heterocycles. The summed E-state index contributed by atoms with van der Waals surface area (Å²) >= 11 is 5.24. The molecule has 2 aromatic carbocycles. The van der Waals surface area contributed by atoms with Crippen LogP contribution in [-0.2, 0) is 4.79 Å². The molecule has 3 rings (SSSR count). The van der Waals surface area contributed by atoms with Gasteiger partial charge in [-0.25, -0.2) is 4.98 Å². The highest BCUT2D eigenvalue weighted by Gasteiger charge is 2.13. The van der Waals surface area contributed by atoms with Gasteiger partial charge in [0.2, 0.25) is 11.8 Å². The van der Waals surface area contributed by atoms with Crippen LogP contribution in [0.5, 0.6) is 11.5 Å². The summed E-state index contributed by atoms with van der Waals surface area (Å²) in [7, 11) is 3.17. The standard InChI is InChI=1S/C22H25N3O4S/c1-13(2)5-10-20(26)25-22(30)23-15-7-9-17-16(12-15)24-21(29-17)14-6-8-18(27-3)19(11-14)28-4/h6-9,11-13H,5,10H2,1-4H3,(H2,23,25,26,30). The summed E-state index contributed by atoms with van der Waals surface area (Å²) in [6.07, 6.45) is 1.26. The van der Waals surface area contributed by atoms with Crippen molar-refractivity contribution in [1.29, 1.82) is 0 Å². The van der Waals surface area contributed by atoms with Crippen LogP contribution in [0.3, 0.4) is 0 Å². The van der Waals surface area contributed by atoms with E-state index in [4.69, 9.17) is 26.1 Å². The fraction of sp³-hybridized carbons (Fsp3) is 0.318. The SMILES string of the molecule is COc1ccc(-c2nc3cc(NC(=S)NC(=O)CCC(C)C)ccc3o2)cc1OC. The Hall–Kier alpha value is -3.13. The van der Waals surface area contributed by atoms with Gasteiger partial charge >= 0.3 is 0 Å². The number of aromatic nitrogens is 1. The van der Waals surface area contributed by atoms with E-state index < -0.39 is 0 Å². The molecule has 0 saturated carbocycles. The Labute approximate surface area is 180 Å². The molecular weight excluding hydrogens is 402 g/mol. The average molecular weight is 428 g/mol. The zero-order valence-corrected chi connectivity index (χ0v) is 18.3. The molecule has 3 aromatic rings. The van der Waals surface area contributed by atoms with Crippen molar-refractivity contribution in [2.24, 2.45) is 5.92 Å². The number of methoxy groups -OCH3 is 2. The number of fused-ring (bicyclic) bond motifs is 1. The number of carbonyl (C=O) groups excluding carboxylic acids is 1. The highest BCUT2D eigenvalue weighted by molar-refractivity contribution is 7.80. The van der Waals surface area contributed by atoms with Crippen LogP contribution in [-0.4, -0.2) is 30.2 Å². The Morgan fingerprint density at radius 3 is 2.60 bits per heavy atom. The summed E-state index contributed by atoms with van der Waals surface area (Å²) in [5.74, 6) is 2.06. The van der Waals surface area contributed by atoms with Crippen LogP contribution < -0.4 is 20.1 Å². The lowest BCUT2D eigenvalue weighted by atomic mass is 10.1. The molecule has 2 N–H and O–H groups in total. The first-order valence-electron chi connectivity index (χ1n) is 9.63. The molecule has 7 nitrogen and oxygen atoms in total. The lowest BCUT2D eigenvalue weighted by Crippen LogP contribution is -2.34. The Morgan fingerprint density at radius 1 is 1.13 bits per heavy atom. The van der Waals surface area contributed by atoms with Gasteiger partial charge in [0.25, 0.3) is 0 Å². The minimum atomic E-state index is -0.0977. The fourth-order valence-corrected chi connectivity index (χ4v) is 3.10. The van der Waals surface area contributed by atoms with Gasteiger partial charge in [0, 0.05) is 17.7 Å². The number of hydrogen-bond donors (Lipinski definition) is 2. The summed E-state index contributed by atoms with van der Waals surface area (Å²) in [5, 5.41) is 5.97. The normalized spacial score (nSPS) is 10.8. The number of anilines is 1. The number of thiocarbonyl (C=S) groups is 1. The van der Waals surface area contributed by atoms with E-state index in [0.29, 0.717) is 46.5 Å². The maximum Gasteiger partial charge on any atom is 0.227 e. The monoisotopic (exact) mass is 427 g/mol. The topological polar surface area (TPSA) is 85.6 Å². The van der Waals surface area contributed by atoms with Crippen LogP contribution in [0.2, 0.25) is 0 Å². The number of oxazole rings is 1. The third-order valence-corrected chi connectivity index (χ3v) is 4.68. The van der Waals surface area contributed by atoms with Gasteiger partial charge in [-0.2, -0.15) is 0 Å². The van der Waals surface area contributed by atoms with Crippen LogP contribution in [0.4, 0.5) is 5.69 Å². The van der Waals surface area contributed by atoms with E-state index in [1.165, 1.54) is 0 Å². The van der Waals surface area contributed by atoms with E-state index in [9.17, 15) is 4.79 Å². The number of rotatable bonds is 7. The largest absolute Gasteiger partial charge is 0.493 e. The van der Waals surface area contributed by atoms with E-state index in [2.05, 4.69) is 29.5 Å². The Balaban J connectivity index is 1.73.